The molecule has 1 aliphatic rings. The molecule has 0 amide bonds. The quantitative estimate of drug-likeness (QED) is 0.436. The molecule has 99 valence electrons. The molecule has 5 nitrogen and oxygen atoms in total. The number of hydroxylamine groups is 3. The molecule has 1 aromatic rings. The van der Waals surface area contributed by atoms with Crippen LogP contribution in [0.2, 0.25) is 0 Å². The molecule has 5 heteroatoms. The molecule has 0 unspecified atom stereocenters. The third-order valence-corrected chi connectivity index (χ3v) is 4.02. The third kappa shape index (κ3) is 1.68. The molecular weight excluding hydrogens is 242 g/mol. The third-order valence-electron chi connectivity index (χ3n) is 4.02. The Morgan fingerprint density at radius 2 is 2.00 bits per heavy atom. The molecular formula is C14H16N3O2. The van der Waals surface area contributed by atoms with Gasteiger partial charge in [0.2, 0.25) is 0 Å². The lowest BCUT2D eigenvalue weighted by atomic mass is 9.84. The number of pyridine rings is 1. The van der Waals surface area contributed by atoms with E-state index in [1.807, 2.05) is 0 Å². The minimum atomic E-state index is -0.849. The van der Waals surface area contributed by atoms with Crippen molar-refractivity contribution < 1.29 is 9.95 Å². The zero-order valence-corrected chi connectivity index (χ0v) is 11.5. The van der Waals surface area contributed by atoms with Gasteiger partial charge in [0.15, 0.2) is 11.2 Å². The molecule has 0 atom stereocenters. The maximum absolute atomic E-state index is 12.4. The van der Waals surface area contributed by atoms with Gasteiger partial charge in [0.05, 0.1) is 0 Å². The smallest absolute Gasteiger partial charge is 0.335 e. The molecule has 1 aliphatic heterocycles. The van der Waals surface area contributed by atoms with Gasteiger partial charge in [-0.25, -0.2) is 4.98 Å². The van der Waals surface area contributed by atoms with E-state index in [0.29, 0.717) is 11.4 Å². The molecule has 2 rings (SSSR count). The van der Waals surface area contributed by atoms with Crippen LogP contribution in [-0.2, 0) is 5.21 Å². The fourth-order valence-electron chi connectivity index (χ4n) is 1.96. The summed E-state index contributed by atoms with van der Waals surface area (Å²) in [6, 6.07) is 4.95. The van der Waals surface area contributed by atoms with Crippen LogP contribution in [0, 0.1) is 17.6 Å². The van der Waals surface area contributed by atoms with Crippen LogP contribution < -0.4 is 0 Å². The Bertz CT molecular complexity index is 597. The second kappa shape index (κ2) is 3.97. The molecule has 1 aromatic heterocycles. The van der Waals surface area contributed by atoms with Gasteiger partial charge >= 0.3 is 5.84 Å². The highest BCUT2D eigenvalue weighted by atomic mass is 16.5. The summed E-state index contributed by atoms with van der Waals surface area (Å²) in [6.07, 6.45) is 5.29. The predicted molar refractivity (Wildman–Crippen MR) is 70.6 cm³/mol. The van der Waals surface area contributed by atoms with Crippen molar-refractivity contribution in [3.05, 3.63) is 34.8 Å². The second-order valence-corrected chi connectivity index (χ2v) is 5.58. The fraction of sp³-hybridized carbons (Fsp3) is 0.429. The first-order valence-corrected chi connectivity index (χ1v) is 5.99. The highest BCUT2D eigenvalue weighted by molar-refractivity contribution is 5.94. The molecule has 0 fully saturated rings. The van der Waals surface area contributed by atoms with E-state index in [0.717, 1.165) is 9.80 Å². The summed E-state index contributed by atoms with van der Waals surface area (Å²) in [6.45, 7) is 6.96. The van der Waals surface area contributed by atoms with E-state index in [2.05, 4.69) is 10.9 Å². The van der Waals surface area contributed by atoms with Crippen molar-refractivity contribution in [2.75, 3.05) is 0 Å². The first kappa shape index (κ1) is 13.4. The standard InChI is InChI=1S/C14H16N3O2/c1-6-10-8-7-9-11(15-10)12-16(18)13(2,3)14(4,5)17(12)19/h1,7-9H,2-5H3. The highest BCUT2D eigenvalue weighted by Crippen LogP contribution is 2.36. The van der Waals surface area contributed by atoms with E-state index in [9.17, 15) is 10.4 Å². The van der Waals surface area contributed by atoms with E-state index < -0.39 is 11.1 Å². The molecule has 0 saturated carbocycles. The van der Waals surface area contributed by atoms with Gasteiger partial charge in [-0.05, 0) is 39.8 Å². The molecule has 0 saturated heterocycles. The first-order valence-electron chi connectivity index (χ1n) is 5.99. The molecule has 0 spiro atoms. The van der Waals surface area contributed by atoms with Crippen molar-refractivity contribution in [2.45, 2.75) is 38.8 Å². The van der Waals surface area contributed by atoms with Crippen LogP contribution in [0.4, 0.5) is 0 Å². The van der Waals surface area contributed by atoms with Crippen LogP contribution in [0.5, 0.6) is 0 Å². The number of hydrogen-bond donors (Lipinski definition) is 0. The van der Waals surface area contributed by atoms with Gasteiger partial charge in [-0.1, -0.05) is 17.1 Å². The van der Waals surface area contributed by atoms with Crippen LogP contribution in [0.15, 0.2) is 18.2 Å². The molecule has 0 bridgehead atoms. The molecule has 0 N–H and O–H groups in total. The lowest BCUT2D eigenvalue weighted by Crippen LogP contribution is -2.53. The van der Waals surface area contributed by atoms with Crippen LogP contribution in [-0.4, -0.2) is 31.7 Å². The first-order chi connectivity index (χ1) is 8.73. The number of hydrogen-bond acceptors (Lipinski definition) is 3. The Hall–Kier alpha value is -2.06. The number of terminal acetylenes is 1. The Kier molecular flexibility index (Phi) is 2.79. The topological polar surface area (TPSA) is 62.1 Å². The number of nitrogens with zero attached hydrogens (tertiary/aromatic N) is 3. The zero-order valence-electron chi connectivity index (χ0n) is 11.5. The van der Waals surface area contributed by atoms with Crippen LogP contribution in [0.3, 0.4) is 0 Å². The Labute approximate surface area is 112 Å². The van der Waals surface area contributed by atoms with E-state index in [4.69, 9.17) is 6.42 Å². The summed E-state index contributed by atoms with van der Waals surface area (Å²) in [5.74, 6) is 2.40. The van der Waals surface area contributed by atoms with Crippen molar-refractivity contribution in [1.29, 1.82) is 0 Å². The van der Waals surface area contributed by atoms with Gasteiger partial charge < -0.3 is 5.21 Å². The normalized spacial score (nSPS) is 20.5. The Balaban J connectivity index is 2.62. The lowest BCUT2D eigenvalue weighted by molar-refractivity contribution is -0.539. The van der Waals surface area contributed by atoms with Gasteiger partial charge in [-0.15, -0.1) is 6.42 Å². The van der Waals surface area contributed by atoms with Crippen molar-refractivity contribution in [1.82, 2.24) is 10.0 Å². The van der Waals surface area contributed by atoms with Gasteiger partial charge in [0.25, 0.3) is 0 Å². The van der Waals surface area contributed by atoms with Crippen LogP contribution in [0.25, 0.3) is 0 Å². The van der Waals surface area contributed by atoms with Crippen molar-refractivity contribution in [3.8, 4) is 12.3 Å². The SMILES string of the molecule is C#Cc1cccc(C2=[N+]([O-])C(C)(C)C(C)(C)N2[O])n1. The van der Waals surface area contributed by atoms with Crippen LogP contribution >= 0.6 is 0 Å². The monoisotopic (exact) mass is 258 g/mol. The van der Waals surface area contributed by atoms with E-state index >= 15 is 0 Å². The van der Waals surface area contributed by atoms with E-state index in [1.165, 1.54) is 0 Å². The van der Waals surface area contributed by atoms with E-state index in [-0.39, 0.29) is 5.84 Å². The minimum Gasteiger partial charge on any atom is -0.714 e. The molecule has 0 aromatic carbocycles. The van der Waals surface area contributed by atoms with Crippen molar-refractivity contribution in [3.63, 3.8) is 0 Å². The summed E-state index contributed by atoms with van der Waals surface area (Å²) < 4.78 is 0.725. The lowest BCUT2D eigenvalue weighted by Gasteiger charge is -2.32. The predicted octanol–water partition coefficient (Wildman–Crippen LogP) is 1.54. The zero-order chi connectivity index (χ0) is 14.4. The summed E-state index contributed by atoms with van der Waals surface area (Å²) in [4.78, 5) is 4.15. The summed E-state index contributed by atoms with van der Waals surface area (Å²) in [5.41, 5.74) is -0.996. The van der Waals surface area contributed by atoms with Gasteiger partial charge in [-0.3, -0.25) is 4.74 Å². The van der Waals surface area contributed by atoms with Crippen LogP contribution in [0.1, 0.15) is 39.1 Å². The van der Waals surface area contributed by atoms with Crippen molar-refractivity contribution in [2.24, 2.45) is 0 Å². The van der Waals surface area contributed by atoms with E-state index in [1.54, 1.807) is 45.9 Å². The average molecular weight is 258 g/mol. The average Bonchev–Trinajstić information content (AvgIpc) is 2.49. The minimum absolute atomic E-state index is 0.00657. The number of aromatic nitrogens is 1. The second-order valence-electron chi connectivity index (χ2n) is 5.58. The Morgan fingerprint density at radius 1 is 1.37 bits per heavy atom. The molecule has 1 radical (unpaired) electrons. The van der Waals surface area contributed by atoms with Crippen molar-refractivity contribution >= 4 is 5.84 Å². The van der Waals surface area contributed by atoms with Gasteiger partial charge in [-0.2, -0.15) is 0 Å². The molecule has 0 aliphatic carbocycles. The maximum atomic E-state index is 12.4. The Morgan fingerprint density at radius 3 is 2.47 bits per heavy atom. The molecule has 2 heterocycles. The number of amidine groups is 1. The maximum Gasteiger partial charge on any atom is 0.335 e. The van der Waals surface area contributed by atoms with Gasteiger partial charge in [0.1, 0.15) is 11.2 Å². The summed E-state index contributed by atoms with van der Waals surface area (Å²) in [5, 5.41) is 25.5. The summed E-state index contributed by atoms with van der Waals surface area (Å²) in [7, 11) is 0. The molecule has 19 heavy (non-hydrogen) atoms. The fourth-order valence-corrected chi connectivity index (χ4v) is 1.96. The number of rotatable bonds is 1. The highest BCUT2D eigenvalue weighted by Gasteiger charge is 2.60. The summed E-state index contributed by atoms with van der Waals surface area (Å²) >= 11 is 0. The largest absolute Gasteiger partial charge is 0.714 e. The van der Waals surface area contributed by atoms with Gasteiger partial charge in [0, 0.05) is 5.21 Å².